The molecule has 0 bridgehead atoms. The van der Waals surface area contributed by atoms with E-state index in [0.29, 0.717) is 0 Å². The first-order valence-corrected chi connectivity index (χ1v) is 5.18. The summed E-state index contributed by atoms with van der Waals surface area (Å²) in [5, 5.41) is 0. The van der Waals surface area contributed by atoms with Gasteiger partial charge in [-0.3, -0.25) is 0 Å². The van der Waals surface area contributed by atoms with Crippen LogP contribution in [0.5, 0.6) is 0 Å². The van der Waals surface area contributed by atoms with E-state index in [4.69, 9.17) is 5.73 Å². The quantitative estimate of drug-likeness (QED) is 0.825. The second kappa shape index (κ2) is 5.24. The summed E-state index contributed by atoms with van der Waals surface area (Å²) < 4.78 is 13.6. The molecular formula is C12H19FN2. The molecule has 0 saturated heterocycles. The predicted molar refractivity (Wildman–Crippen MR) is 61.1 cm³/mol. The van der Waals surface area contributed by atoms with Crippen molar-refractivity contribution >= 4 is 0 Å². The fourth-order valence-electron chi connectivity index (χ4n) is 1.71. The van der Waals surface area contributed by atoms with Gasteiger partial charge in [-0.05, 0) is 33.5 Å². The van der Waals surface area contributed by atoms with Crippen molar-refractivity contribution in [1.82, 2.24) is 4.90 Å². The van der Waals surface area contributed by atoms with Gasteiger partial charge in [-0.2, -0.15) is 0 Å². The Bertz CT molecular complexity index is 310. The third-order valence-electron chi connectivity index (χ3n) is 2.48. The molecule has 1 rings (SSSR count). The van der Waals surface area contributed by atoms with E-state index in [1.807, 2.05) is 38.1 Å². The largest absolute Gasteiger partial charge is 0.328 e. The summed E-state index contributed by atoms with van der Waals surface area (Å²) in [5.74, 6) is -0.156. The van der Waals surface area contributed by atoms with Gasteiger partial charge >= 0.3 is 0 Å². The molecule has 1 aromatic rings. The first-order valence-electron chi connectivity index (χ1n) is 5.18. The van der Waals surface area contributed by atoms with Crippen LogP contribution >= 0.6 is 0 Å². The molecule has 84 valence electrons. The summed E-state index contributed by atoms with van der Waals surface area (Å²) in [7, 11) is 3.89. The van der Waals surface area contributed by atoms with Crippen LogP contribution in [0.15, 0.2) is 24.3 Å². The molecule has 0 aliphatic carbocycles. The Balaban J connectivity index is 2.94. The van der Waals surface area contributed by atoms with Crippen molar-refractivity contribution in [2.75, 3.05) is 14.1 Å². The summed E-state index contributed by atoms with van der Waals surface area (Å²) in [6.07, 6.45) is 0.758. The number of nitrogens with zero attached hydrogens (tertiary/aromatic N) is 1. The highest BCUT2D eigenvalue weighted by Crippen LogP contribution is 2.25. The fraction of sp³-hybridized carbons (Fsp3) is 0.500. The van der Waals surface area contributed by atoms with Gasteiger partial charge in [0.1, 0.15) is 5.82 Å². The molecule has 15 heavy (non-hydrogen) atoms. The molecule has 0 spiro atoms. The molecule has 0 radical (unpaired) electrons. The maximum atomic E-state index is 13.6. The molecule has 1 aromatic carbocycles. The smallest absolute Gasteiger partial charge is 0.127 e. The molecule has 3 heteroatoms. The summed E-state index contributed by atoms with van der Waals surface area (Å²) in [6, 6.07) is 6.99. The highest BCUT2D eigenvalue weighted by molar-refractivity contribution is 5.21. The third-order valence-corrected chi connectivity index (χ3v) is 2.48. The first kappa shape index (κ1) is 12.1. The molecule has 0 saturated carbocycles. The van der Waals surface area contributed by atoms with Crippen LogP contribution in [0.25, 0.3) is 0 Å². The topological polar surface area (TPSA) is 29.3 Å². The molecular weight excluding hydrogens is 191 g/mol. The number of nitrogens with two attached hydrogens (primary N) is 1. The minimum absolute atomic E-state index is 0.0474. The van der Waals surface area contributed by atoms with Gasteiger partial charge in [0.15, 0.2) is 0 Å². The molecule has 0 amide bonds. The standard InChI is InChI=1S/C12H19FN2/c1-9(14)8-12(15(2)3)10-6-4-5-7-11(10)13/h4-7,9,12H,8,14H2,1-3H3. The lowest BCUT2D eigenvalue weighted by molar-refractivity contribution is 0.266. The van der Waals surface area contributed by atoms with Crippen LogP contribution in [0.2, 0.25) is 0 Å². The average molecular weight is 210 g/mol. The van der Waals surface area contributed by atoms with E-state index in [2.05, 4.69) is 0 Å². The molecule has 2 N–H and O–H groups in total. The number of rotatable bonds is 4. The Morgan fingerprint density at radius 3 is 2.40 bits per heavy atom. The Morgan fingerprint density at radius 1 is 1.33 bits per heavy atom. The van der Waals surface area contributed by atoms with Crippen LogP contribution in [0, 0.1) is 5.82 Å². The van der Waals surface area contributed by atoms with Gasteiger partial charge in [0, 0.05) is 17.6 Å². The van der Waals surface area contributed by atoms with E-state index in [-0.39, 0.29) is 17.9 Å². The van der Waals surface area contributed by atoms with Crippen LogP contribution in [0.3, 0.4) is 0 Å². The molecule has 2 unspecified atom stereocenters. The van der Waals surface area contributed by atoms with Crippen molar-refractivity contribution in [3.63, 3.8) is 0 Å². The van der Waals surface area contributed by atoms with Crippen molar-refractivity contribution in [3.05, 3.63) is 35.6 Å². The van der Waals surface area contributed by atoms with E-state index in [0.717, 1.165) is 12.0 Å². The second-order valence-electron chi connectivity index (χ2n) is 4.21. The SMILES string of the molecule is CC(N)CC(c1ccccc1F)N(C)C. The van der Waals surface area contributed by atoms with E-state index in [1.165, 1.54) is 6.07 Å². The van der Waals surface area contributed by atoms with Crippen molar-refractivity contribution in [3.8, 4) is 0 Å². The van der Waals surface area contributed by atoms with Gasteiger partial charge in [0.25, 0.3) is 0 Å². The molecule has 0 aliphatic rings. The Kier molecular flexibility index (Phi) is 4.24. The van der Waals surface area contributed by atoms with Gasteiger partial charge in [-0.1, -0.05) is 18.2 Å². The number of hydrogen-bond acceptors (Lipinski definition) is 2. The van der Waals surface area contributed by atoms with Crippen molar-refractivity contribution in [2.24, 2.45) is 5.73 Å². The summed E-state index contributed by atoms with van der Waals surface area (Å²) >= 11 is 0. The van der Waals surface area contributed by atoms with Gasteiger partial charge < -0.3 is 10.6 Å². The number of hydrogen-bond donors (Lipinski definition) is 1. The van der Waals surface area contributed by atoms with Crippen LogP contribution in [0.4, 0.5) is 4.39 Å². The van der Waals surface area contributed by atoms with Gasteiger partial charge in [-0.15, -0.1) is 0 Å². The molecule has 0 aliphatic heterocycles. The minimum atomic E-state index is -0.156. The van der Waals surface area contributed by atoms with Gasteiger partial charge in [0.2, 0.25) is 0 Å². The van der Waals surface area contributed by atoms with Gasteiger partial charge in [0.05, 0.1) is 0 Å². The summed E-state index contributed by atoms with van der Waals surface area (Å²) in [4.78, 5) is 2.00. The maximum absolute atomic E-state index is 13.6. The van der Waals surface area contributed by atoms with E-state index < -0.39 is 0 Å². The first-order chi connectivity index (χ1) is 7.02. The molecule has 2 atom stereocenters. The summed E-state index contributed by atoms with van der Waals surface area (Å²) in [5.41, 5.74) is 6.49. The zero-order chi connectivity index (χ0) is 11.4. The van der Waals surface area contributed by atoms with Crippen LogP contribution < -0.4 is 5.73 Å². The highest BCUT2D eigenvalue weighted by atomic mass is 19.1. The Morgan fingerprint density at radius 2 is 1.93 bits per heavy atom. The van der Waals surface area contributed by atoms with E-state index in [1.54, 1.807) is 6.07 Å². The normalized spacial score (nSPS) is 15.3. The summed E-state index contributed by atoms with van der Waals surface area (Å²) in [6.45, 7) is 1.94. The third kappa shape index (κ3) is 3.29. The molecule has 0 fully saturated rings. The lowest BCUT2D eigenvalue weighted by Gasteiger charge is -2.26. The predicted octanol–water partition coefficient (Wildman–Crippen LogP) is 2.17. The molecule has 0 heterocycles. The van der Waals surface area contributed by atoms with Crippen LogP contribution in [-0.2, 0) is 0 Å². The highest BCUT2D eigenvalue weighted by Gasteiger charge is 2.18. The lowest BCUT2D eigenvalue weighted by Crippen LogP contribution is -2.28. The van der Waals surface area contributed by atoms with Crippen molar-refractivity contribution in [2.45, 2.75) is 25.4 Å². The van der Waals surface area contributed by atoms with Crippen LogP contribution in [0.1, 0.15) is 24.9 Å². The molecule has 0 aromatic heterocycles. The maximum Gasteiger partial charge on any atom is 0.127 e. The Labute approximate surface area is 90.9 Å². The average Bonchev–Trinajstić information content (AvgIpc) is 2.15. The fourth-order valence-corrected chi connectivity index (χ4v) is 1.71. The number of benzene rings is 1. The zero-order valence-electron chi connectivity index (χ0n) is 9.57. The van der Waals surface area contributed by atoms with Crippen molar-refractivity contribution < 1.29 is 4.39 Å². The van der Waals surface area contributed by atoms with E-state index >= 15 is 0 Å². The minimum Gasteiger partial charge on any atom is -0.328 e. The van der Waals surface area contributed by atoms with Gasteiger partial charge in [-0.25, -0.2) is 4.39 Å². The zero-order valence-corrected chi connectivity index (χ0v) is 9.57. The number of halogens is 1. The van der Waals surface area contributed by atoms with E-state index in [9.17, 15) is 4.39 Å². The monoisotopic (exact) mass is 210 g/mol. The lowest BCUT2D eigenvalue weighted by atomic mass is 9.99. The second-order valence-corrected chi connectivity index (χ2v) is 4.21. The van der Waals surface area contributed by atoms with Crippen molar-refractivity contribution in [1.29, 1.82) is 0 Å². The van der Waals surface area contributed by atoms with Crippen LogP contribution in [-0.4, -0.2) is 25.0 Å². The molecule has 2 nitrogen and oxygen atoms in total. The Hall–Kier alpha value is -0.930.